The van der Waals surface area contributed by atoms with E-state index in [-0.39, 0.29) is 11.7 Å². The molecule has 5 rings (SSSR count). The first-order valence-electron chi connectivity index (χ1n) is 10.0. The van der Waals surface area contributed by atoms with Crippen LogP contribution < -0.4 is 11.1 Å². The van der Waals surface area contributed by atoms with E-state index in [1.165, 1.54) is 16.9 Å². The molecule has 0 fully saturated rings. The molecule has 0 spiro atoms. The van der Waals surface area contributed by atoms with E-state index in [9.17, 15) is 9.59 Å². The van der Waals surface area contributed by atoms with Crippen LogP contribution in [0.5, 0.6) is 0 Å². The third-order valence-corrected chi connectivity index (χ3v) is 6.59. The maximum absolute atomic E-state index is 12.9. The highest BCUT2D eigenvalue weighted by atomic mass is 35.5. The number of aromatic amines is 1. The van der Waals surface area contributed by atoms with Gasteiger partial charge in [-0.15, -0.1) is 11.3 Å². The number of carbonyl (C=O) groups excluding carboxylic acids is 2. The zero-order chi connectivity index (χ0) is 22.2. The van der Waals surface area contributed by atoms with Gasteiger partial charge in [-0.25, -0.2) is 9.97 Å². The topological polar surface area (TPSA) is 117 Å². The fourth-order valence-electron chi connectivity index (χ4n) is 3.78. The van der Waals surface area contributed by atoms with Crippen molar-refractivity contribution in [2.45, 2.75) is 19.5 Å². The van der Waals surface area contributed by atoms with Gasteiger partial charge in [-0.05, 0) is 29.8 Å². The van der Waals surface area contributed by atoms with Crippen LogP contribution in [0.3, 0.4) is 0 Å². The molecule has 0 saturated carbocycles. The molecule has 0 radical (unpaired) electrons. The molecule has 0 atom stereocenters. The number of rotatable bonds is 5. The van der Waals surface area contributed by atoms with Crippen molar-refractivity contribution in [1.82, 2.24) is 19.9 Å². The molecule has 32 heavy (non-hydrogen) atoms. The van der Waals surface area contributed by atoms with Crippen molar-refractivity contribution in [1.29, 1.82) is 0 Å². The Kier molecular flexibility index (Phi) is 5.38. The summed E-state index contributed by atoms with van der Waals surface area (Å²) in [5.41, 5.74) is 8.85. The Morgan fingerprint density at radius 3 is 2.78 bits per heavy atom. The number of imidazole rings is 1. The van der Waals surface area contributed by atoms with Gasteiger partial charge in [0.1, 0.15) is 5.52 Å². The highest BCUT2D eigenvalue weighted by molar-refractivity contribution is 7.15. The Morgan fingerprint density at radius 2 is 2.00 bits per heavy atom. The molecule has 162 valence electrons. The molecule has 0 unspecified atom stereocenters. The minimum atomic E-state index is -0.677. The first kappa shape index (κ1) is 20.6. The number of anilines is 1. The molecule has 0 bridgehead atoms. The van der Waals surface area contributed by atoms with Crippen molar-refractivity contribution in [3.05, 3.63) is 75.0 Å². The molecule has 1 aliphatic heterocycles. The number of nitrogens with one attached hydrogen (secondary N) is 2. The van der Waals surface area contributed by atoms with Crippen molar-refractivity contribution in [3.8, 4) is 0 Å². The number of carbonyl (C=O) groups is 2. The van der Waals surface area contributed by atoms with Crippen molar-refractivity contribution in [2.75, 3.05) is 11.9 Å². The highest BCUT2D eigenvalue weighted by Crippen LogP contribution is 2.30. The second-order valence-corrected chi connectivity index (χ2v) is 9.10. The van der Waals surface area contributed by atoms with Crippen molar-refractivity contribution >= 4 is 50.9 Å². The van der Waals surface area contributed by atoms with Crippen LogP contribution in [0.25, 0.3) is 11.0 Å². The quantitative estimate of drug-likeness (QED) is 0.415. The number of hydrogen-bond donors (Lipinski definition) is 3. The lowest BCUT2D eigenvalue weighted by atomic mass is 10.1. The van der Waals surface area contributed by atoms with Crippen molar-refractivity contribution < 1.29 is 9.59 Å². The number of benzene rings is 2. The molecule has 2 aromatic heterocycles. The molecule has 3 heterocycles. The minimum absolute atomic E-state index is 0.0192. The zero-order valence-corrected chi connectivity index (χ0v) is 18.5. The monoisotopic (exact) mass is 466 g/mol. The molecular weight excluding hydrogens is 448 g/mol. The van der Waals surface area contributed by atoms with E-state index in [0.717, 1.165) is 41.6 Å². The maximum Gasteiger partial charge on any atom is 0.284 e. The molecule has 4 N–H and O–H groups in total. The summed E-state index contributed by atoms with van der Waals surface area (Å²) in [6.07, 6.45) is 0.826. The zero-order valence-electron chi connectivity index (χ0n) is 16.9. The van der Waals surface area contributed by atoms with Gasteiger partial charge in [0, 0.05) is 36.0 Å². The van der Waals surface area contributed by atoms with Gasteiger partial charge in [0.2, 0.25) is 0 Å². The Bertz CT molecular complexity index is 1330. The number of primary amides is 1. The van der Waals surface area contributed by atoms with Crippen LogP contribution in [0.2, 0.25) is 5.02 Å². The Balaban J connectivity index is 1.31. The molecule has 4 aromatic rings. The molecule has 0 aliphatic carbocycles. The summed E-state index contributed by atoms with van der Waals surface area (Å²) in [6.45, 7) is 2.51. The fourth-order valence-corrected chi connectivity index (χ4v) is 4.95. The Hall–Kier alpha value is -3.27. The van der Waals surface area contributed by atoms with Crippen LogP contribution in [0, 0.1) is 0 Å². The van der Waals surface area contributed by atoms with E-state index in [4.69, 9.17) is 17.3 Å². The first-order chi connectivity index (χ1) is 15.5. The van der Waals surface area contributed by atoms with Crippen LogP contribution in [-0.2, 0) is 19.5 Å². The van der Waals surface area contributed by atoms with Gasteiger partial charge in [-0.1, -0.05) is 29.8 Å². The van der Waals surface area contributed by atoms with Crippen molar-refractivity contribution in [2.24, 2.45) is 5.73 Å². The number of halogens is 1. The molecule has 10 heteroatoms. The number of thiazole rings is 1. The van der Waals surface area contributed by atoms with E-state index in [1.54, 1.807) is 18.2 Å². The number of aromatic nitrogens is 3. The minimum Gasteiger partial charge on any atom is -0.363 e. The lowest BCUT2D eigenvalue weighted by molar-refractivity contribution is 0.0989. The number of para-hydroxylation sites is 1. The summed E-state index contributed by atoms with van der Waals surface area (Å²) >= 11 is 7.46. The number of nitrogens with zero attached hydrogens (tertiary/aromatic N) is 3. The number of H-pyrrole nitrogens is 1. The molecule has 2 amide bonds. The summed E-state index contributed by atoms with van der Waals surface area (Å²) in [5, 5.41) is 4.16. The number of fused-ring (bicyclic) bond motifs is 2. The summed E-state index contributed by atoms with van der Waals surface area (Å²) in [6, 6.07) is 13.0. The number of amides is 2. The molecule has 2 aromatic carbocycles. The number of nitrogens with two attached hydrogens (primary N) is 1. The van der Waals surface area contributed by atoms with Crippen LogP contribution in [0.1, 0.15) is 37.1 Å². The van der Waals surface area contributed by atoms with Gasteiger partial charge in [0.15, 0.2) is 11.0 Å². The predicted molar refractivity (Wildman–Crippen MR) is 124 cm³/mol. The van der Waals surface area contributed by atoms with E-state index < -0.39 is 5.91 Å². The molecule has 0 saturated heterocycles. The average molecular weight is 467 g/mol. The third-order valence-electron chi connectivity index (χ3n) is 5.34. The smallest absolute Gasteiger partial charge is 0.284 e. The van der Waals surface area contributed by atoms with Crippen LogP contribution in [0.4, 0.5) is 5.13 Å². The fraction of sp³-hybridized carbons (Fsp3) is 0.182. The summed E-state index contributed by atoms with van der Waals surface area (Å²) < 4.78 is 0. The van der Waals surface area contributed by atoms with Gasteiger partial charge < -0.3 is 10.7 Å². The SMILES string of the molecule is NC(=O)c1nc2c(C(=O)Nc3nc4c(s3)CN(Cc3ccc(Cl)cc3)CC4)cccc2[nH]1. The largest absolute Gasteiger partial charge is 0.363 e. The Morgan fingerprint density at radius 1 is 1.19 bits per heavy atom. The predicted octanol–water partition coefficient (Wildman–Crippen LogP) is 3.58. The third kappa shape index (κ3) is 4.10. The van der Waals surface area contributed by atoms with Gasteiger partial charge in [-0.3, -0.25) is 19.8 Å². The second-order valence-electron chi connectivity index (χ2n) is 7.58. The lowest BCUT2D eigenvalue weighted by Crippen LogP contribution is -2.29. The maximum atomic E-state index is 12.9. The van der Waals surface area contributed by atoms with E-state index >= 15 is 0 Å². The van der Waals surface area contributed by atoms with Gasteiger partial charge >= 0.3 is 0 Å². The van der Waals surface area contributed by atoms with Crippen LogP contribution >= 0.6 is 22.9 Å². The summed E-state index contributed by atoms with van der Waals surface area (Å²) in [5.74, 6) is -0.990. The summed E-state index contributed by atoms with van der Waals surface area (Å²) in [7, 11) is 0. The Labute approximate surface area is 192 Å². The van der Waals surface area contributed by atoms with Gasteiger partial charge in [0.25, 0.3) is 11.8 Å². The van der Waals surface area contributed by atoms with Crippen molar-refractivity contribution in [3.63, 3.8) is 0 Å². The van der Waals surface area contributed by atoms with Crippen LogP contribution in [-0.4, -0.2) is 38.2 Å². The standard InChI is InChI=1S/C22H19ClN6O2S/c23-13-6-4-12(5-7-13)10-29-9-8-15-17(11-29)32-22(26-15)28-21(31)14-2-1-3-16-18(14)27-20(25-16)19(24)30/h1-7H,8-11H2,(H2,24,30)(H,25,27)(H,26,28,31). The van der Waals surface area contributed by atoms with E-state index in [1.807, 2.05) is 24.3 Å². The van der Waals surface area contributed by atoms with E-state index in [0.29, 0.717) is 21.7 Å². The van der Waals surface area contributed by atoms with E-state index in [2.05, 4.69) is 25.2 Å². The summed E-state index contributed by atoms with van der Waals surface area (Å²) in [4.78, 5) is 39.5. The van der Waals surface area contributed by atoms with Crippen LogP contribution in [0.15, 0.2) is 42.5 Å². The van der Waals surface area contributed by atoms with Gasteiger partial charge in [0.05, 0.1) is 16.8 Å². The average Bonchev–Trinajstić information content (AvgIpc) is 3.38. The molecule has 8 nitrogen and oxygen atoms in total. The first-order valence-corrected chi connectivity index (χ1v) is 11.2. The van der Waals surface area contributed by atoms with Gasteiger partial charge in [-0.2, -0.15) is 0 Å². The number of hydrogen-bond acceptors (Lipinski definition) is 6. The second kappa shape index (κ2) is 8.34. The molecular formula is C22H19ClN6O2S. The molecule has 1 aliphatic rings. The normalized spacial score (nSPS) is 13.8. The lowest BCUT2D eigenvalue weighted by Gasteiger charge is -2.25. The highest BCUT2D eigenvalue weighted by Gasteiger charge is 2.23.